The normalized spacial score (nSPS) is 13.0. The number of halogens is 1. The molecule has 6 nitrogen and oxygen atoms in total. The van der Waals surface area contributed by atoms with Gasteiger partial charge < -0.3 is 10.00 Å². The number of aliphatic carboxylic acids is 1. The summed E-state index contributed by atoms with van der Waals surface area (Å²) in [5.41, 5.74) is 4.58. The molecular formula is C26H27FNO5P. The molecule has 0 fully saturated rings. The maximum atomic E-state index is 13.6. The van der Waals surface area contributed by atoms with Crippen molar-refractivity contribution in [3.05, 3.63) is 77.6 Å². The summed E-state index contributed by atoms with van der Waals surface area (Å²) in [6, 6.07) is 17.5. The van der Waals surface area contributed by atoms with Crippen molar-refractivity contribution in [1.29, 1.82) is 0 Å². The molecule has 0 aliphatic rings. The monoisotopic (exact) mass is 483 g/mol. The van der Waals surface area contributed by atoms with Gasteiger partial charge in [-0.15, -0.1) is 0 Å². The highest BCUT2D eigenvalue weighted by atomic mass is 31.2. The van der Waals surface area contributed by atoms with E-state index in [1.807, 2.05) is 50.2 Å². The second-order valence-corrected chi connectivity index (χ2v) is 11.0. The highest BCUT2D eigenvalue weighted by Crippen LogP contribution is 2.43. The van der Waals surface area contributed by atoms with E-state index >= 15 is 0 Å². The fourth-order valence-corrected chi connectivity index (χ4v) is 5.23. The minimum absolute atomic E-state index is 0.0615. The van der Waals surface area contributed by atoms with Crippen LogP contribution in [-0.4, -0.2) is 39.1 Å². The summed E-state index contributed by atoms with van der Waals surface area (Å²) in [6.07, 6.45) is -1.50. The lowest BCUT2D eigenvalue weighted by Crippen LogP contribution is -2.14. The van der Waals surface area contributed by atoms with Gasteiger partial charge in [-0.3, -0.25) is 14.2 Å². The van der Waals surface area contributed by atoms with Gasteiger partial charge in [0.2, 0.25) is 7.37 Å². The molecule has 1 atom stereocenters. The number of nitrogens with zero attached hydrogens (tertiary/aromatic N) is 1. The van der Waals surface area contributed by atoms with Crippen LogP contribution in [0.3, 0.4) is 0 Å². The Kier molecular flexibility index (Phi) is 8.13. The topological polar surface area (TPSA) is 105 Å². The number of rotatable bonds is 10. The summed E-state index contributed by atoms with van der Waals surface area (Å²) in [4.78, 5) is 37.8. The van der Waals surface area contributed by atoms with Crippen LogP contribution < -0.4 is 0 Å². The number of hydrogen-bond donors (Lipinski definition) is 2. The molecule has 178 valence electrons. The molecule has 0 aliphatic heterocycles. The van der Waals surface area contributed by atoms with Gasteiger partial charge in [0, 0.05) is 17.3 Å². The average molecular weight is 483 g/mol. The van der Waals surface area contributed by atoms with Crippen LogP contribution in [0.25, 0.3) is 22.5 Å². The number of carboxylic acid groups (broad SMARTS) is 1. The summed E-state index contributed by atoms with van der Waals surface area (Å²) < 4.78 is 26.3. The van der Waals surface area contributed by atoms with Crippen molar-refractivity contribution < 1.29 is 28.5 Å². The molecule has 8 heteroatoms. The van der Waals surface area contributed by atoms with E-state index in [9.17, 15) is 23.4 Å². The first-order valence-corrected chi connectivity index (χ1v) is 13.0. The number of ketones is 1. The number of carboxylic acids is 1. The second-order valence-electron chi connectivity index (χ2n) is 8.54. The Labute approximate surface area is 198 Å². The van der Waals surface area contributed by atoms with Crippen molar-refractivity contribution in [2.24, 2.45) is 0 Å². The molecule has 2 N–H and O–H groups in total. The highest BCUT2D eigenvalue weighted by Gasteiger charge is 2.26. The molecule has 0 radical (unpaired) electrons. The number of Topliss-reactive ketones (excluding diaryl/α,β-unsaturated/α-hetero) is 1. The number of pyridine rings is 1. The first-order valence-electron chi connectivity index (χ1n) is 11.0. The molecule has 0 amide bonds. The molecule has 0 spiro atoms. The first-order chi connectivity index (χ1) is 16.1. The summed E-state index contributed by atoms with van der Waals surface area (Å²) >= 11 is 0. The molecule has 2 aromatic carbocycles. The molecule has 0 aliphatic carbocycles. The Morgan fingerprint density at radius 2 is 1.68 bits per heavy atom. The van der Waals surface area contributed by atoms with E-state index in [0.717, 1.165) is 22.4 Å². The number of carbonyl (C=O) groups is 2. The minimum atomic E-state index is -3.91. The highest BCUT2D eigenvalue weighted by molar-refractivity contribution is 7.59. The lowest BCUT2D eigenvalue weighted by Gasteiger charge is -2.20. The fourth-order valence-electron chi connectivity index (χ4n) is 3.84. The van der Waals surface area contributed by atoms with Crippen LogP contribution in [0.5, 0.6) is 0 Å². The number of carbonyl (C=O) groups excluding carboxylic acids is 1. The third kappa shape index (κ3) is 6.69. The van der Waals surface area contributed by atoms with Gasteiger partial charge in [0.1, 0.15) is 12.2 Å². The zero-order valence-corrected chi connectivity index (χ0v) is 20.0. The smallest absolute Gasteiger partial charge is 0.310 e. The average Bonchev–Trinajstić information content (AvgIpc) is 2.77. The molecule has 1 heterocycles. The Balaban J connectivity index is 2.05. The number of hydrogen-bond acceptors (Lipinski definition) is 4. The third-order valence-corrected chi connectivity index (χ3v) is 7.22. The molecule has 34 heavy (non-hydrogen) atoms. The molecule has 0 saturated carbocycles. The SMILES string of the molecule is CC(C)c1cc(-c2ccccc2)nc(-c2ccc(F)cc2)c1CCP(=O)(O)CC(=O)CC(=O)O. The first kappa shape index (κ1) is 25.5. The molecule has 0 saturated heterocycles. The van der Waals surface area contributed by atoms with Crippen LogP contribution in [0, 0.1) is 5.82 Å². The number of aromatic nitrogens is 1. The van der Waals surface area contributed by atoms with Crippen molar-refractivity contribution >= 4 is 19.1 Å². The molecule has 0 bridgehead atoms. The van der Waals surface area contributed by atoms with Crippen LogP contribution in [-0.2, 0) is 20.6 Å². The van der Waals surface area contributed by atoms with Gasteiger partial charge in [0.15, 0.2) is 5.78 Å². The van der Waals surface area contributed by atoms with Crippen molar-refractivity contribution in [2.75, 3.05) is 12.3 Å². The van der Waals surface area contributed by atoms with Crippen molar-refractivity contribution in [3.63, 3.8) is 0 Å². The standard InChI is InChI=1S/C26H27FNO5P/c1-17(2)23-15-24(18-6-4-3-5-7-18)28-26(19-8-10-20(27)11-9-19)22(23)12-13-34(32,33)16-21(29)14-25(30)31/h3-11,15,17H,12-14,16H2,1-2H3,(H,30,31)(H,32,33). The van der Waals surface area contributed by atoms with Crippen LogP contribution in [0.1, 0.15) is 37.3 Å². The van der Waals surface area contributed by atoms with Crippen LogP contribution >= 0.6 is 7.37 Å². The van der Waals surface area contributed by atoms with Crippen molar-refractivity contribution in [3.8, 4) is 22.5 Å². The van der Waals surface area contributed by atoms with E-state index in [0.29, 0.717) is 11.3 Å². The third-order valence-electron chi connectivity index (χ3n) is 5.45. The molecule has 1 aromatic heterocycles. The van der Waals surface area contributed by atoms with Gasteiger partial charge in [-0.25, -0.2) is 9.37 Å². The summed E-state index contributed by atoms with van der Waals surface area (Å²) in [7, 11) is -3.91. The molecule has 3 aromatic rings. The summed E-state index contributed by atoms with van der Waals surface area (Å²) in [5.74, 6) is -2.43. The van der Waals surface area contributed by atoms with Gasteiger partial charge in [0.05, 0.1) is 17.5 Å². The summed E-state index contributed by atoms with van der Waals surface area (Å²) in [5, 5.41) is 8.76. The van der Waals surface area contributed by atoms with Gasteiger partial charge in [-0.2, -0.15) is 0 Å². The largest absolute Gasteiger partial charge is 0.481 e. The maximum Gasteiger partial charge on any atom is 0.310 e. The Hall–Kier alpha value is -3.15. The van der Waals surface area contributed by atoms with E-state index in [-0.39, 0.29) is 24.3 Å². The lowest BCUT2D eigenvalue weighted by molar-refractivity contribution is -0.139. The molecule has 1 unspecified atom stereocenters. The van der Waals surface area contributed by atoms with Gasteiger partial charge in [-0.05, 0) is 53.8 Å². The zero-order chi connectivity index (χ0) is 24.9. The van der Waals surface area contributed by atoms with Gasteiger partial charge in [0.25, 0.3) is 0 Å². The quantitative estimate of drug-likeness (QED) is 0.290. The van der Waals surface area contributed by atoms with E-state index in [4.69, 9.17) is 10.1 Å². The van der Waals surface area contributed by atoms with E-state index in [1.165, 1.54) is 12.1 Å². The molecule has 3 rings (SSSR count). The lowest BCUT2D eigenvalue weighted by atomic mass is 9.90. The maximum absolute atomic E-state index is 13.6. The van der Waals surface area contributed by atoms with Crippen LogP contribution in [0.15, 0.2) is 60.7 Å². The van der Waals surface area contributed by atoms with Gasteiger partial charge >= 0.3 is 5.97 Å². The number of benzene rings is 2. The zero-order valence-electron chi connectivity index (χ0n) is 19.1. The molecular weight excluding hydrogens is 456 g/mol. The Morgan fingerprint density at radius 1 is 1.03 bits per heavy atom. The second kappa shape index (κ2) is 10.9. The minimum Gasteiger partial charge on any atom is -0.481 e. The van der Waals surface area contributed by atoms with E-state index in [2.05, 4.69) is 0 Å². The van der Waals surface area contributed by atoms with Crippen molar-refractivity contribution in [1.82, 2.24) is 4.98 Å². The Morgan fingerprint density at radius 3 is 2.26 bits per heavy atom. The van der Waals surface area contributed by atoms with E-state index < -0.39 is 31.7 Å². The van der Waals surface area contributed by atoms with Crippen LogP contribution in [0.2, 0.25) is 0 Å². The summed E-state index contributed by atoms with van der Waals surface area (Å²) in [6.45, 7) is 4.02. The van der Waals surface area contributed by atoms with E-state index in [1.54, 1.807) is 12.1 Å². The fraction of sp³-hybridized carbons (Fsp3) is 0.269. The predicted molar refractivity (Wildman–Crippen MR) is 130 cm³/mol. The van der Waals surface area contributed by atoms with Gasteiger partial charge in [-0.1, -0.05) is 44.2 Å². The van der Waals surface area contributed by atoms with Crippen molar-refractivity contribution in [2.45, 2.75) is 32.6 Å². The Bertz CT molecular complexity index is 1230. The predicted octanol–water partition coefficient (Wildman–Crippen LogP) is 5.53. The van der Waals surface area contributed by atoms with Crippen LogP contribution in [0.4, 0.5) is 4.39 Å².